The van der Waals surface area contributed by atoms with Crippen molar-refractivity contribution in [3.63, 3.8) is 0 Å². The van der Waals surface area contributed by atoms with Gasteiger partial charge in [-0.2, -0.15) is 0 Å². The Balaban J connectivity index is 1.36. The number of hydrogen-bond donors (Lipinski definition) is 1. The van der Waals surface area contributed by atoms with Gasteiger partial charge in [0.1, 0.15) is 17.2 Å². The quantitative estimate of drug-likeness (QED) is 0.381. The minimum absolute atomic E-state index is 0.168. The fourth-order valence-electron chi connectivity index (χ4n) is 2.80. The third-order valence-electron chi connectivity index (χ3n) is 4.36. The fourth-order valence-corrected chi connectivity index (χ4v) is 4.32. The summed E-state index contributed by atoms with van der Waals surface area (Å²) >= 11 is 1.40. The standard InChI is InChI=1S/C23H20N2O4S2/c1-17-3-2-4-21(15-17)28-19-9-11-22(12-10-19)31(26,27)25-16-18-5-7-20(8-6-18)29-23-24-13-14-30-23/h2-15,25H,16H2,1H3. The maximum Gasteiger partial charge on any atom is 0.278 e. The number of nitrogens with zero attached hydrogens (tertiary/aromatic N) is 1. The number of sulfonamides is 1. The van der Waals surface area contributed by atoms with E-state index in [0.29, 0.717) is 22.4 Å². The summed E-state index contributed by atoms with van der Waals surface area (Å²) in [4.78, 5) is 4.24. The summed E-state index contributed by atoms with van der Waals surface area (Å²) in [5.41, 5.74) is 1.90. The van der Waals surface area contributed by atoms with Crippen LogP contribution in [0.5, 0.6) is 22.4 Å². The SMILES string of the molecule is Cc1cccc(Oc2ccc(S(=O)(=O)NCc3ccc(Oc4nccs4)cc3)cc2)c1. The first-order valence-electron chi connectivity index (χ1n) is 9.48. The van der Waals surface area contributed by atoms with E-state index in [2.05, 4.69) is 9.71 Å². The molecule has 8 heteroatoms. The van der Waals surface area contributed by atoms with Gasteiger partial charge in [0, 0.05) is 18.1 Å². The molecule has 0 aliphatic carbocycles. The highest BCUT2D eigenvalue weighted by Gasteiger charge is 2.14. The van der Waals surface area contributed by atoms with Gasteiger partial charge in [-0.05, 0) is 66.6 Å². The second kappa shape index (κ2) is 9.30. The smallest absolute Gasteiger partial charge is 0.278 e. The lowest BCUT2D eigenvalue weighted by Crippen LogP contribution is -2.23. The number of thiazole rings is 1. The molecule has 0 aliphatic heterocycles. The minimum atomic E-state index is -3.65. The average Bonchev–Trinajstić information content (AvgIpc) is 3.27. The van der Waals surface area contributed by atoms with Crippen LogP contribution < -0.4 is 14.2 Å². The molecular formula is C23H20N2O4S2. The monoisotopic (exact) mass is 452 g/mol. The number of rotatable bonds is 8. The summed E-state index contributed by atoms with van der Waals surface area (Å²) in [6, 6.07) is 21.2. The Kier molecular flexibility index (Phi) is 6.31. The predicted octanol–water partition coefficient (Wildman–Crippen LogP) is 5.51. The number of aromatic nitrogens is 1. The van der Waals surface area contributed by atoms with Gasteiger partial charge >= 0.3 is 0 Å². The lowest BCUT2D eigenvalue weighted by atomic mass is 10.2. The van der Waals surface area contributed by atoms with E-state index < -0.39 is 10.0 Å². The summed E-state index contributed by atoms with van der Waals surface area (Å²) in [7, 11) is -3.65. The Hall–Kier alpha value is -3.20. The molecule has 0 saturated carbocycles. The topological polar surface area (TPSA) is 77.5 Å². The van der Waals surface area contributed by atoms with Crippen LogP contribution in [-0.2, 0) is 16.6 Å². The molecule has 0 atom stereocenters. The van der Waals surface area contributed by atoms with Gasteiger partial charge in [-0.15, -0.1) is 0 Å². The minimum Gasteiger partial charge on any atom is -0.457 e. The molecule has 0 saturated heterocycles. The molecule has 4 rings (SSSR count). The van der Waals surface area contributed by atoms with Gasteiger partial charge < -0.3 is 9.47 Å². The first-order chi connectivity index (χ1) is 15.0. The van der Waals surface area contributed by atoms with E-state index in [1.165, 1.54) is 23.5 Å². The summed E-state index contributed by atoms with van der Waals surface area (Å²) < 4.78 is 39.2. The van der Waals surface area contributed by atoms with Crippen molar-refractivity contribution in [1.82, 2.24) is 9.71 Å². The summed E-state index contributed by atoms with van der Waals surface area (Å²) in [6.45, 7) is 2.15. The van der Waals surface area contributed by atoms with Crippen molar-refractivity contribution in [2.45, 2.75) is 18.4 Å². The molecule has 6 nitrogen and oxygen atoms in total. The predicted molar refractivity (Wildman–Crippen MR) is 120 cm³/mol. The van der Waals surface area contributed by atoms with E-state index in [9.17, 15) is 8.42 Å². The Morgan fingerprint density at radius 3 is 2.29 bits per heavy atom. The Bertz CT molecular complexity index is 1240. The van der Waals surface area contributed by atoms with E-state index >= 15 is 0 Å². The molecule has 0 radical (unpaired) electrons. The molecule has 0 aliphatic rings. The molecule has 1 N–H and O–H groups in total. The molecule has 1 aromatic heterocycles. The Morgan fingerprint density at radius 2 is 1.61 bits per heavy atom. The van der Waals surface area contributed by atoms with Crippen LogP contribution in [-0.4, -0.2) is 13.4 Å². The second-order valence-corrected chi connectivity index (χ2v) is 9.38. The van der Waals surface area contributed by atoms with Crippen LogP contribution in [0.25, 0.3) is 0 Å². The zero-order chi connectivity index (χ0) is 21.7. The largest absolute Gasteiger partial charge is 0.457 e. The molecule has 1 heterocycles. The van der Waals surface area contributed by atoms with E-state index in [1.807, 2.05) is 48.7 Å². The van der Waals surface area contributed by atoms with Crippen molar-refractivity contribution >= 4 is 21.4 Å². The first kappa shape index (κ1) is 21.0. The number of nitrogens with one attached hydrogen (secondary N) is 1. The van der Waals surface area contributed by atoms with Crippen LogP contribution in [0.15, 0.2) is 89.3 Å². The zero-order valence-electron chi connectivity index (χ0n) is 16.7. The van der Waals surface area contributed by atoms with Crippen LogP contribution in [0.4, 0.5) is 0 Å². The maximum atomic E-state index is 12.6. The molecule has 0 unspecified atom stereocenters. The van der Waals surface area contributed by atoms with Crippen molar-refractivity contribution in [2.24, 2.45) is 0 Å². The van der Waals surface area contributed by atoms with Gasteiger partial charge in [-0.3, -0.25) is 0 Å². The van der Waals surface area contributed by atoms with Gasteiger partial charge in [0.05, 0.1) is 4.90 Å². The number of ether oxygens (including phenoxy) is 2. The van der Waals surface area contributed by atoms with Crippen LogP contribution in [0.3, 0.4) is 0 Å². The van der Waals surface area contributed by atoms with E-state index in [-0.39, 0.29) is 11.4 Å². The summed E-state index contributed by atoms with van der Waals surface area (Å²) in [5, 5.41) is 2.39. The molecule has 3 aromatic carbocycles. The van der Waals surface area contributed by atoms with Crippen molar-refractivity contribution in [2.75, 3.05) is 0 Å². The molecule has 0 spiro atoms. The van der Waals surface area contributed by atoms with Crippen molar-refractivity contribution in [3.05, 3.63) is 95.5 Å². The Labute approximate surface area is 185 Å². The molecular weight excluding hydrogens is 432 g/mol. The van der Waals surface area contributed by atoms with Gasteiger partial charge in [0.15, 0.2) is 0 Å². The van der Waals surface area contributed by atoms with Crippen molar-refractivity contribution < 1.29 is 17.9 Å². The highest BCUT2D eigenvalue weighted by Crippen LogP contribution is 2.25. The normalized spacial score (nSPS) is 11.3. The van der Waals surface area contributed by atoms with Gasteiger partial charge in [-0.1, -0.05) is 35.6 Å². The highest BCUT2D eigenvalue weighted by atomic mass is 32.2. The molecule has 0 amide bonds. The van der Waals surface area contributed by atoms with Crippen molar-refractivity contribution in [1.29, 1.82) is 0 Å². The molecule has 31 heavy (non-hydrogen) atoms. The third kappa shape index (κ3) is 5.69. The summed E-state index contributed by atoms with van der Waals surface area (Å²) in [5.74, 6) is 1.92. The number of aryl methyl sites for hydroxylation is 1. The lowest BCUT2D eigenvalue weighted by molar-refractivity contribution is 0.478. The molecule has 4 aromatic rings. The van der Waals surface area contributed by atoms with Gasteiger partial charge in [-0.25, -0.2) is 18.1 Å². The summed E-state index contributed by atoms with van der Waals surface area (Å²) in [6.07, 6.45) is 1.67. The van der Waals surface area contributed by atoms with E-state index in [1.54, 1.807) is 30.5 Å². The molecule has 158 valence electrons. The number of hydrogen-bond acceptors (Lipinski definition) is 6. The van der Waals surface area contributed by atoms with Crippen LogP contribution >= 0.6 is 11.3 Å². The van der Waals surface area contributed by atoms with Crippen molar-refractivity contribution in [3.8, 4) is 22.4 Å². The van der Waals surface area contributed by atoms with Crippen LogP contribution in [0.1, 0.15) is 11.1 Å². The van der Waals surface area contributed by atoms with Gasteiger partial charge in [0.2, 0.25) is 10.0 Å². The molecule has 0 bridgehead atoms. The van der Waals surface area contributed by atoms with Crippen LogP contribution in [0.2, 0.25) is 0 Å². The zero-order valence-corrected chi connectivity index (χ0v) is 18.3. The second-order valence-electron chi connectivity index (χ2n) is 6.76. The number of benzene rings is 3. The molecule has 0 fully saturated rings. The van der Waals surface area contributed by atoms with E-state index in [0.717, 1.165) is 11.1 Å². The highest BCUT2D eigenvalue weighted by molar-refractivity contribution is 7.89. The van der Waals surface area contributed by atoms with Gasteiger partial charge in [0.25, 0.3) is 5.19 Å². The maximum absolute atomic E-state index is 12.6. The fraction of sp³-hybridized carbons (Fsp3) is 0.0870. The lowest BCUT2D eigenvalue weighted by Gasteiger charge is -2.10. The van der Waals surface area contributed by atoms with E-state index in [4.69, 9.17) is 9.47 Å². The average molecular weight is 453 g/mol. The van der Waals surface area contributed by atoms with Crippen LogP contribution in [0, 0.1) is 6.92 Å². The third-order valence-corrected chi connectivity index (χ3v) is 6.43. The Morgan fingerprint density at radius 1 is 0.903 bits per heavy atom. The first-order valence-corrected chi connectivity index (χ1v) is 11.8.